The molecule has 27 heavy (non-hydrogen) atoms. The maximum Gasteiger partial charge on any atom is 0.225 e. The van der Waals surface area contributed by atoms with Crippen LogP contribution in [0.1, 0.15) is 19.3 Å². The second kappa shape index (κ2) is 6.83. The Morgan fingerprint density at radius 3 is 2.44 bits per heavy atom. The van der Waals surface area contributed by atoms with E-state index in [4.69, 9.17) is 0 Å². The van der Waals surface area contributed by atoms with Crippen molar-refractivity contribution in [1.29, 1.82) is 0 Å². The van der Waals surface area contributed by atoms with Gasteiger partial charge in [0.05, 0.1) is 30.3 Å². The summed E-state index contributed by atoms with van der Waals surface area (Å²) in [4.78, 5) is 11.3. The van der Waals surface area contributed by atoms with Gasteiger partial charge in [-0.2, -0.15) is 0 Å². The summed E-state index contributed by atoms with van der Waals surface area (Å²) in [6, 6.07) is 19.9. The summed E-state index contributed by atoms with van der Waals surface area (Å²) in [5.74, 6) is 0. The van der Waals surface area contributed by atoms with Crippen molar-refractivity contribution >= 4 is 30.0 Å². The highest BCUT2D eigenvalue weighted by Crippen LogP contribution is 2.39. The molecule has 0 amide bonds. The van der Waals surface area contributed by atoms with Gasteiger partial charge < -0.3 is 0 Å². The van der Waals surface area contributed by atoms with Crippen LogP contribution in [0.4, 0.5) is 5.69 Å². The van der Waals surface area contributed by atoms with Gasteiger partial charge >= 0.3 is 0 Å². The quantitative estimate of drug-likeness (QED) is 0.659. The maximum atomic E-state index is 4.46. The van der Waals surface area contributed by atoms with E-state index in [0.717, 1.165) is 5.70 Å². The van der Waals surface area contributed by atoms with Crippen LogP contribution >= 0.6 is 11.8 Å². The van der Waals surface area contributed by atoms with Crippen LogP contribution in [-0.4, -0.2) is 23.2 Å². The Labute approximate surface area is 163 Å². The molecule has 2 heterocycles. The third-order valence-electron chi connectivity index (χ3n) is 5.31. The Balaban J connectivity index is 1.47. The highest BCUT2D eigenvalue weighted by Gasteiger charge is 2.46. The van der Waals surface area contributed by atoms with Crippen molar-refractivity contribution in [1.82, 2.24) is 0 Å². The Bertz CT molecular complexity index is 942. The van der Waals surface area contributed by atoms with E-state index < -0.39 is 0 Å². The number of anilines is 1. The van der Waals surface area contributed by atoms with Crippen LogP contribution in [0.5, 0.6) is 0 Å². The summed E-state index contributed by atoms with van der Waals surface area (Å²) in [7, 11) is 0. The van der Waals surface area contributed by atoms with Gasteiger partial charge in [-0.05, 0) is 55.7 Å². The summed E-state index contributed by atoms with van der Waals surface area (Å²) in [5, 5.41) is 2.48. The monoisotopic (exact) mass is 373 g/mol. The van der Waals surface area contributed by atoms with E-state index in [2.05, 4.69) is 75.8 Å². The number of allylic oxidation sites excluding steroid dienone is 1. The minimum absolute atomic E-state index is 0.513. The van der Waals surface area contributed by atoms with E-state index in [0.29, 0.717) is 10.6 Å². The van der Waals surface area contributed by atoms with Crippen LogP contribution in [0, 0.1) is 0 Å². The minimum atomic E-state index is 0.513. The number of aliphatic imine (C=N–C) groups is 2. The van der Waals surface area contributed by atoms with Crippen molar-refractivity contribution in [3.05, 3.63) is 78.9 Å². The first kappa shape index (κ1) is 16.5. The van der Waals surface area contributed by atoms with Crippen molar-refractivity contribution in [2.75, 3.05) is 5.01 Å². The molecule has 2 aromatic rings. The van der Waals surface area contributed by atoms with Crippen molar-refractivity contribution < 1.29 is 4.59 Å². The predicted molar refractivity (Wildman–Crippen MR) is 112 cm³/mol. The Hall–Kier alpha value is -2.63. The molecule has 1 saturated carbocycles. The van der Waals surface area contributed by atoms with Gasteiger partial charge in [-0.1, -0.05) is 30.0 Å². The molecular weight excluding hydrogens is 352 g/mol. The van der Waals surface area contributed by atoms with Crippen LogP contribution in [-0.2, 0) is 0 Å². The van der Waals surface area contributed by atoms with E-state index >= 15 is 0 Å². The molecule has 0 bridgehead atoms. The van der Waals surface area contributed by atoms with Crippen LogP contribution in [0.15, 0.2) is 98.7 Å². The zero-order valence-corrected chi connectivity index (χ0v) is 15.8. The highest BCUT2D eigenvalue weighted by molar-refractivity contribution is 7.99. The van der Waals surface area contributed by atoms with E-state index in [1.165, 1.54) is 34.7 Å². The first-order valence-electron chi connectivity index (χ1n) is 9.32. The molecule has 2 aliphatic heterocycles. The molecule has 0 N–H and O–H groups in total. The highest BCUT2D eigenvalue weighted by atomic mass is 32.2. The Morgan fingerprint density at radius 2 is 1.70 bits per heavy atom. The van der Waals surface area contributed by atoms with E-state index in [-0.39, 0.29) is 0 Å². The smallest absolute Gasteiger partial charge is 0.225 e. The average molecular weight is 374 g/mol. The topological polar surface area (TPSA) is 28.0 Å². The SMILES string of the molecule is C1=C[N+]2(N(c3ccc(Sc4ccccc4)cc3)C3CCC3)C=NC=C2C=N1. The molecule has 1 fully saturated rings. The average Bonchev–Trinajstić information content (AvgIpc) is 3.11. The van der Waals surface area contributed by atoms with Crippen molar-refractivity contribution in [3.63, 3.8) is 0 Å². The van der Waals surface area contributed by atoms with E-state index in [9.17, 15) is 0 Å². The second-order valence-electron chi connectivity index (χ2n) is 6.97. The zero-order chi connectivity index (χ0) is 18.1. The lowest BCUT2D eigenvalue weighted by atomic mass is 9.92. The van der Waals surface area contributed by atoms with Crippen molar-refractivity contribution in [3.8, 4) is 0 Å². The third kappa shape index (κ3) is 2.93. The zero-order valence-electron chi connectivity index (χ0n) is 15.0. The normalized spacial score (nSPS) is 23.0. The number of quaternary nitrogens is 1. The van der Waals surface area contributed by atoms with Crippen LogP contribution in [0.25, 0.3) is 0 Å². The number of hydrogen-bond donors (Lipinski definition) is 0. The maximum absolute atomic E-state index is 4.46. The van der Waals surface area contributed by atoms with Gasteiger partial charge in [-0.3, -0.25) is 4.99 Å². The summed E-state index contributed by atoms with van der Waals surface area (Å²) < 4.78 is 0.513. The predicted octanol–water partition coefficient (Wildman–Crippen LogP) is 5.37. The van der Waals surface area contributed by atoms with Crippen LogP contribution < -0.4 is 5.01 Å². The Morgan fingerprint density at radius 1 is 0.926 bits per heavy atom. The van der Waals surface area contributed by atoms with Gasteiger partial charge in [-0.25, -0.2) is 10.0 Å². The number of benzene rings is 2. The van der Waals surface area contributed by atoms with Crippen LogP contribution in [0.3, 0.4) is 0 Å². The molecule has 0 saturated heterocycles. The van der Waals surface area contributed by atoms with Gasteiger partial charge in [-0.15, -0.1) is 4.59 Å². The lowest BCUT2D eigenvalue weighted by Crippen LogP contribution is -2.61. The molecule has 0 spiro atoms. The molecule has 1 unspecified atom stereocenters. The molecule has 0 radical (unpaired) electrons. The van der Waals surface area contributed by atoms with Crippen LogP contribution in [0.2, 0.25) is 0 Å². The molecule has 1 atom stereocenters. The molecule has 1 aliphatic carbocycles. The molecular formula is C22H21N4S+. The molecule has 134 valence electrons. The fraction of sp³-hybridized carbons (Fsp3) is 0.182. The minimum Gasteiger partial charge on any atom is -0.253 e. The third-order valence-corrected chi connectivity index (χ3v) is 6.32. The summed E-state index contributed by atoms with van der Waals surface area (Å²) >= 11 is 1.79. The van der Waals surface area contributed by atoms with Crippen molar-refractivity contribution in [2.24, 2.45) is 9.98 Å². The summed E-state index contributed by atoms with van der Waals surface area (Å²) in [5.41, 5.74) is 2.31. The van der Waals surface area contributed by atoms with Crippen molar-refractivity contribution in [2.45, 2.75) is 35.1 Å². The van der Waals surface area contributed by atoms with Gasteiger partial charge in [0.15, 0.2) is 6.20 Å². The molecule has 4 nitrogen and oxygen atoms in total. The first-order chi connectivity index (χ1) is 13.4. The van der Waals surface area contributed by atoms with Gasteiger partial charge in [0.1, 0.15) is 0 Å². The summed E-state index contributed by atoms with van der Waals surface area (Å²) in [6.45, 7) is 0. The van der Waals surface area contributed by atoms with E-state index in [1.54, 1.807) is 11.8 Å². The lowest BCUT2D eigenvalue weighted by molar-refractivity contribution is -0.746. The largest absolute Gasteiger partial charge is 0.253 e. The molecule has 2 aromatic carbocycles. The molecule has 3 aliphatic rings. The first-order valence-corrected chi connectivity index (χ1v) is 10.1. The standard InChI is InChI=1S/C22H21N4S/c1-2-7-21(8-3-1)27-22-11-9-19(10-12-22)25(18-5-4-6-18)26-14-13-23-15-20(26)16-24-17-26/h1-3,7-18H,4-6H2/q+1. The lowest BCUT2D eigenvalue weighted by Gasteiger charge is -2.46. The van der Waals surface area contributed by atoms with Gasteiger partial charge in [0.25, 0.3) is 0 Å². The number of rotatable bonds is 5. The van der Waals surface area contributed by atoms with E-state index in [1.807, 2.05) is 25.0 Å². The molecule has 5 rings (SSSR count). The second-order valence-corrected chi connectivity index (χ2v) is 8.12. The fourth-order valence-corrected chi connectivity index (χ4v) is 4.56. The summed E-state index contributed by atoms with van der Waals surface area (Å²) in [6.07, 6.45) is 13.5. The van der Waals surface area contributed by atoms with Gasteiger partial charge in [0.2, 0.25) is 12.0 Å². The molecule has 0 aromatic heterocycles. The number of fused-ring (bicyclic) bond motifs is 1. The number of nitrogens with zero attached hydrogens (tertiary/aromatic N) is 4. The Kier molecular flexibility index (Phi) is 4.19. The van der Waals surface area contributed by atoms with Gasteiger partial charge in [0, 0.05) is 9.79 Å². The number of hydrogen-bond acceptors (Lipinski definition) is 4. The fourth-order valence-electron chi connectivity index (χ4n) is 3.73. The molecule has 5 heteroatoms.